The van der Waals surface area contributed by atoms with Crippen molar-refractivity contribution < 1.29 is 0 Å². The van der Waals surface area contributed by atoms with E-state index in [4.69, 9.17) is 0 Å². The van der Waals surface area contributed by atoms with Gasteiger partial charge in [0.2, 0.25) is 0 Å². The lowest BCUT2D eigenvalue weighted by atomic mass is 9.45. The number of hydrogen-bond donors (Lipinski definition) is 0. The molecule has 4 aromatic heterocycles. The van der Waals surface area contributed by atoms with Crippen LogP contribution < -0.4 is 10.9 Å². The summed E-state index contributed by atoms with van der Waals surface area (Å²) in [4.78, 5) is 0. The number of rotatable bonds is 6. The van der Waals surface area contributed by atoms with Crippen LogP contribution >= 0.6 is 0 Å². The van der Waals surface area contributed by atoms with Gasteiger partial charge >= 0.3 is 6.85 Å². The molecule has 5 heteroatoms. The number of fused-ring (bicyclic) bond motifs is 19. The molecule has 92 heavy (non-hydrogen) atoms. The molecule has 0 spiro atoms. The van der Waals surface area contributed by atoms with Gasteiger partial charge in [-0.1, -0.05) is 243 Å². The molecule has 1 unspecified atom stereocenters. The molecule has 0 saturated heterocycles. The minimum atomic E-state index is -0.185. The van der Waals surface area contributed by atoms with Crippen molar-refractivity contribution in [3.8, 4) is 100 Å². The van der Waals surface area contributed by atoms with E-state index in [0.717, 1.165) is 0 Å². The lowest BCUT2D eigenvalue weighted by Crippen LogP contribution is -2.55. The fraction of sp³-hybridized carbons (Fsp3) is 0.0115. The average molecular weight is 1160 g/mol. The van der Waals surface area contributed by atoms with Gasteiger partial charge in [-0.05, 0) is 149 Å². The molecule has 22 rings (SSSR count). The van der Waals surface area contributed by atoms with E-state index in [-0.39, 0.29) is 12.9 Å². The van der Waals surface area contributed by atoms with Crippen LogP contribution in [0.25, 0.3) is 177 Å². The van der Waals surface area contributed by atoms with Crippen molar-refractivity contribution in [3.05, 3.63) is 314 Å². The molecule has 1 atom stereocenters. The van der Waals surface area contributed by atoms with Crippen LogP contribution in [0, 0.1) is 0 Å². The fourth-order valence-electron chi connectivity index (χ4n) is 17.7. The highest BCUT2D eigenvalue weighted by atomic mass is 15.1. The van der Waals surface area contributed by atoms with E-state index in [9.17, 15) is 0 Å². The summed E-state index contributed by atoms with van der Waals surface area (Å²) in [5, 5.41) is 7.65. The molecule has 422 valence electrons. The van der Waals surface area contributed by atoms with Crippen molar-refractivity contribution in [1.29, 1.82) is 0 Å². The average Bonchev–Trinajstić information content (AvgIpc) is 1.47. The molecule has 14 aromatic carbocycles. The summed E-state index contributed by atoms with van der Waals surface area (Å²) in [7, 11) is 0. The first-order chi connectivity index (χ1) is 45.7. The maximum absolute atomic E-state index is 2.85. The minimum absolute atomic E-state index is 0.147. The zero-order valence-corrected chi connectivity index (χ0v) is 49.8. The van der Waals surface area contributed by atoms with E-state index >= 15 is 0 Å². The molecule has 0 saturated carbocycles. The molecule has 4 nitrogen and oxygen atoms in total. The quantitative estimate of drug-likeness (QED) is 0.148. The highest BCUT2D eigenvalue weighted by molar-refractivity contribution is 6.90. The SMILES string of the molecule is c1ccc(-c2cc(-c3ccccc3)cc(-c3ccc4c5c3-c3cccc6c3n(c3c7ccc(-c8cc(-c9ccccc9)cc(-c9ccccc9)c8)c8c7n(c63)C3c6c-8cccc6-n6c7ccccc7c7cccc3c76)B5c3cccc5c6ccccc6n-4c35)c2)cc1. The highest BCUT2D eigenvalue weighted by Gasteiger charge is 2.46. The molecule has 0 bridgehead atoms. The predicted octanol–water partition coefficient (Wildman–Crippen LogP) is 20.8. The van der Waals surface area contributed by atoms with Gasteiger partial charge in [0.1, 0.15) is 0 Å². The number of hydrogen-bond acceptors (Lipinski definition) is 0. The van der Waals surface area contributed by atoms with E-state index in [1.807, 2.05) is 0 Å². The first kappa shape index (κ1) is 49.0. The van der Waals surface area contributed by atoms with Gasteiger partial charge in [-0.3, -0.25) is 0 Å². The lowest BCUT2D eigenvalue weighted by molar-refractivity contribution is 0.711. The first-order valence-corrected chi connectivity index (χ1v) is 32.2. The number of benzene rings is 14. The molecule has 0 fully saturated rings. The van der Waals surface area contributed by atoms with Crippen molar-refractivity contribution >= 4 is 94.2 Å². The molecule has 4 aliphatic heterocycles. The monoisotopic (exact) mass is 1160 g/mol. The Labute approximate surface area is 530 Å². The molecule has 4 aliphatic rings. The Balaban J connectivity index is 0.911. The summed E-state index contributed by atoms with van der Waals surface area (Å²) < 4.78 is 10.9. The Morgan fingerprint density at radius 2 is 0.728 bits per heavy atom. The van der Waals surface area contributed by atoms with Crippen molar-refractivity contribution in [3.63, 3.8) is 0 Å². The van der Waals surface area contributed by atoms with Crippen LogP contribution in [0.2, 0.25) is 0 Å². The Hall–Kier alpha value is -11.9. The third-order valence-corrected chi connectivity index (χ3v) is 21.3. The van der Waals surface area contributed by atoms with Crippen LogP contribution in [0.3, 0.4) is 0 Å². The van der Waals surface area contributed by atoms with Crippen LogP contribution in [0.1, 0.15) is 17.2 Å². The van der Waals surface area contributed by atoms with Crippen molar-refractivity contribution in [2.24, 2.45) is 0 Å². The van der Waals surface area contributed by atoms with Crippen LogP contribution in [0.4, 0.5) is 0 Å². The lowest BCUT2D eigenvalue weighted by Gasteiger charge is -2.37. The smallest absolute Gasteiger partial charge is 0.333 e. The molecule has 8 heterocycles. The second-order valence-electron chi connectivity index (χ2n) is 25.7. The second-order valence-corrected chi connectivity index (χ2v) is 25.7. The van der Waals surface area contributed by atoms with Crippen LogP contribution in [-0.4, -0.2) is 25.0 Å². The zero-order valence-electron chi connectivity index (χ0n) is 49.8. The molecule has 0 amide bonds. The first-order valence-electron chi connectivity index (χ1n) is 32.2. The number of aromatic nitrogens is 4. The topological polar surface area (TPSA) is 19.7 Å². The zero-order chi connectivity index (χ0) is 59.6. The third-order valence-electron chi connectivity index (χ3n) is 21.3. The molecular formula is C87H51BN4. The molecule has 0 N–H and O–H groups in total. The summed E-state index contributed by atoms with van der Waals surface area (Å²) in [6.45, 7) is -0.185. The normalized spacial score (nSPS) is 13.7. The largest absolute Gasteiger partial charge is 0.374 e. The Kier molecular flexibility index (Phi) is 9.54. The van der Waals surface area contributed by atoms with E-state index < -0.39 is 0 Å². The molecule has 0 aliphatic carbocycles. The maximum Gasteiger partial charge on any atom is 0.333 e. The van der Waals surface area contributed by atoms with Gasteiger partial charge in [-0.15, -0.1) is 0 Å². The predicted molar refractivity (Wildman–Crippen MR) is 385 cm³/mol. The highest BCUT2D eigenvalue weighted by Crippen LogP contribution is 2.59. The van der Waals surface area contributed by atoms with Crippen molar-refractivity contribution in [2.45, 2.75) is 6.04 Å². The standard InChI is InChI=1S/C87H51BN4/c1-5-21-51(22-6-1)55-45-56(52-23-7-2-8-24-52)48-59(47-55)61-43-44-76-80-77(61)68-34-18-36-70-82(68)92(88(80)72-37-19-32-66-64-30-14-16-39-74(64)90(76)83(66)72)87-71-42-41-62(60-49-57(53-25-9-3-10-26-53)46-58(50-60)54-27-11-4-12-28-54)78-67-33-20-40-75-79(67)85(91(84(71)78)86(70)87)69-35-17-31-65-63-29-13-15-38-73(63)89(75)81(65)69/h1-50,85H. The van der Waals surface area contributed by atoms with Gasteiger partial charge in [0.15, 0.2) is 0 Å². The molecule has 0 radical (unpaired) electrons. The number of nitrogens with zero attached hydrogens (tertiary/aromatic N) is 4. The van der Waals surface area contributed by atoms with Gasteiger partial charge in [-0.25, -0.2) is 0 Å². The molecule has 18 aromatic rings. The van der Waals surface area contributed by atoms with E-state index in [1.54, 1.807) is 0 Å². The molecular weight excluding hydrogens is 1110 g/mol. The van der Waals surface area contributed by atoms with E-state index in [1.165, 1.54) is 199 Å². The van der Waals surface area contributed by atoms with Crippen LogP contribution in [0.5, 0.6) is 0 Å². The van der Waals surface area contributed by atoms with Gasteiger partial charge < -0.3 is 18.2 Å². The Morgan fingerprint density at radius 1 is 0.261 bits per heavy atom. The third kappa shape index (κ3) is 6.27. The van der Waals surface area contributed by atoms with Crippen LogP contribution in [-0.2, 0) is 0 Å². The summed E-state index contributed by atoms with van der Waals surface area (Å²) in [6, 6.07) is 115. The summed E-state index contributed by atoms with van der Waals surface area (Å²) in [6.07, 6.45) is 0. The van der Waals surface area contributed by atoms with Gasteiger partial charge in [0, 0.05) is 65.8 Å². The summed E-state index contributed by atoms with van der Waals surface area (Å²) in [5.41, 5.74) is 37.5. The maximum atomic E-state index is 2.85. The van der Waals surface area contributed by atoms with Gasteiger partial charge in [-0.2, -0.15) is 0 Å². The van der Waals surface area contributed by atoms with Crippen molar-refractivity contribution in [2.75, 3.05) is 0 Å². The number of para-hydroxylation sites is 5. The van der Waals surface area contributed by atoms with E-state index in [0.29, 0.717) is 0 Å². The summed E-state index contributed by atoms with van der Waals surface area (Å²) in [5.74, 6) is 0. The Bertz CT molecular complexity index is 6190. The van der Waals surface area contributed by atoms with Crippen molar-refractivity contribution in [1.82, 2.24) is 18.2 Å². The Morgan fingerprint density at radius 3 is 1.35 bits per heavy atom. The fourth-order valence-corrected chi connectivity index (χ4v) is 17.7. The minimum Gasteiger partial charge on any atom is -0.374 e. The second kappa shape index (κ2) is 17.9. The van der Waals surface area contributed by atoms with E-state index in [2.05, 4.69) is 321 Å². The summed E-state index contributed by atoms with van der Waals surface area (Å²) >= 11 is 0. The van der Waals surface area contributed by atoms with Crippen LogP contribution in [0.15, 0.2) is 303 Å². The van der Waals surface area contributed by atoms with Gasteiger partial charge in [0.05, 0.1) is 50.3 Å². The van der Waals surface area contributed by atoms with Gasteiger partial charge in [0.25, 0.3) is 0 Å².